The van der Waals surface area contributed by atoms with Crippen molar-refractivity contribution >= 4 is 11.6 Å². The molecule has 0 fully saturated rings. The van der Waals surface area contributed by atoms with Gasteiger partial charge in [0, 0.05) is 5.56 Å². The Morgan fingerprint density at radius 3 is 2.19 bits per heavy atom. The van der Waals surface area contributed by atoms with Crippen LogP contribution in [0.25, 0.3) is 0 Å². The van der Waals surface area contributed by atoms with Crippen molar-refractivity contribution in [2.45, 2.75) is 6.10 Å². The minimum Gasteiger partial charge on any atom is -0.497 e. The Morgan fingerprint density at radius 2 is 1.62 bits per heavy atom. The van der Waals surface area contributed by atoms with Crippen molar-refractivity contribution in [3.05, 3.63) is 52.5 Å². The fourth-order valence-electron chi connectivity index (χ4n) is 2.06. The third-order valence-corrected chi connectivity index (χ3v) is 3.55. The maximum atomic E-state index is 10.5. The van der Waals surface area contributed by atoms with E-state index in [-0.39, 0.29) is 0 Å². The fourth-order valence-corrected chi connectivity index (χ4v) is 2.33. The van der Waals surface area contributed by atoms with Crippen LogP contribution in [0.15, 0.2) is 36.4 Å². The van der Waals surface area contributed by atoms with E-state index in [4.69, 9.17) is 25.8 Å². The highest BCUT2D eigenvalue weighted by molar-refractivity contribution is 6.31. The number of hydrogen-bond donors (Lipinski definition) is 1. The van der Waals surface area contributed by atoms with Crippen LogP contribution in [0.3, 0.4) is 0 Å². The lowest BCUT2D eigenvalue weighted by molar-refractivity contribution is 0.219. The average molecular weight is 309 g/mol. The van der Waals surface area contributed by atoms with E-state index >= 15 is 0 Å². The van der Waals surface area contributed by atoms with Crippen LogP contribution < -0.4 is 14.2 Å². The summed E-state index contributed by atoms with van der Waals surface area (Å²) in [6.45, 7) is 0. The molecule has 0 amide bonds. The van der Waals surface area contributed by atoms with Crippen LogP contribution in [0.1, 0.15) is 17.2 Å². The van der Waals surface area contributed by atoms with Gasteiger partial charge in [0.2, 0.25) is 0 Å². The molecular weight excluding hydrogens is 292 g/mol. The van der Waals surface area contributed by atoms with Gasteiger partial charge < -0.3 is 19.3 Å². The summed E-state index contributed by atoms with van der Waals surface area (Å²) in [5, 5.41) is 10.9. The van der Waals surface area contributed by atoms with E-state index in [1.54, 1.807) is 57.7 Å². The van der Waals surface area contributed by atoms with Gasteiger partial charge >= 0.3 is 0 Å². The van der Waals surface area contributed by atoms with Crippen molar-refractivity contribution in [2.24, 2.45) is 0 Å². The summed E-state index contributed by atoms with van der Waals surface area (Å²) in [5.41, 5.74) is 1.27. The SMILES string of the molecule is COc1ccc(C(O)c2ccc(OC)c(OC)c2)c(Cl)c1. The van der Waals surface area contributed by atoms with Crippen LogP contribution >= 0.6 is 11.6 Å². The molecule has 2 aromatic rings. The van der Waals surface area contributed by atoms with Crippen LogP contribution in [0.2, 0.25) is 5.02 Å². The molecule has 0 saturated heterocycles. The van der Waals surface area contributed by atoms with Gasteiger partial charge in [-0.3, -0.25) is 0 Å². The molecule has 0 aliphatic rings. The number of methoxy groups -OCH3 is 3. The van der Waals surface area contributed by atoms with E-state index in [1.165, 1.54) is 0 Å². The monoisotopic (exact) mass is 308 g/mol. The summed E-state index contributed by atoms with van der Waals surface area (Å²) < 4.78 is 15.5. The third-order valence-electron chi connectivity index (χ3n) is 3.23. The standard InChI is InChI=1S/C16H17ClO4/c1-19-11-5-6-12(13(17)9-11)16(18)10-4-7-14(20-2)15(8-10)21-3/h4-9,16,18H,1-3H3. The van der Waals surface area contributed by atoms with Crippen LogP contribution in [0.5, 0.6) is 17.2 Å². The molecule has 4 nitrogen and oxygen atoms in total. The van der Waals surface area contributed by atoms with Gasteiger partial charge in [0.15, 0.2) is 11.5 Å². The summed E-state index contributed by atoms with van der Waals surface area (Å²) in [5.74, 6) is 1.80. The Hall–Kier alpha value is -1.91. The molecular formula is C16H17ClO4. The number of hydrogen-bond acceptors (Lipinski definition) is 4. The van der Waals surface area contributed by atoms with Crippen molar-refractivity contribution in [2.75, 3.05) is 21.3 Å². The van der Waals surface area contributed by atoms with E-state index in [2.05, 4.69) is 0 Å². The van der Waals surface area contributed by atoms with E-state index in [1.807, 2.05) is 0 Å². The van der Waals surface area contributed by atoms with Crippen LogP contribution in [-0.2, 0) is 0 Å². The second-order valence-electron chi connectivity index (χ2n) is 4.40. The fraction of sp³-hybridized carbons (Fsp3) is 0.250. The normalized spacial score (nSPS) is 11.9. The molecule has 2 aromatic carbocycles. The van der Waals surface area contributed by atoms with Crippen molar-refractivity contribution < 1.29 is 19.3 Å². The maximum absolute atomic E-state index is 10.5. The molecule has 1 atom stereocenters. The Morgan fingerprint density at radius 1 is 0.905 bits per heavy atom. The molecule has 0 heterocycles. The topological polar surface area (TPSA) is 47.9 Å². The van der Waals surface area contributed by atoms with Gasteiger partial charge in [-0.2, -0.15) is 0 Å². The Kier molecular flexibility index (Phi) is 4.94. The molecule has 1 unspecified atom stereocenters. The minimum absolute atomic E-state index is 0.441. The van der Waals surface area contributed by atoms with Gasteiger partial charge in [-0.25, -0.2) is 0 Å². The van der Waals surface area contributed by atoms with E-state index in [9.17, 15) is 5.11 Å². The molecule has 5 heteroatoms. The van der Waals surface area contributed by atoms with Crippen LogP contribution in [0, 0.1) is 0 Å². The Labute approximate surface area is 128 Å². The number of aliphatic hydroxyl groups excluding tert-OH is 1. The molecule has 0 aromatic heterocycles. The predicted octanol–water partition coefficient (Wildman–Crippen LogP) is 3.45. The first-order valence-corrected chi connectivity index (χ1v) is 6.72. The molecule has 0 aliphatic carbocycles. The molecule has 2 rings (SSSR count). The lowest BCUT2D eigenvalue weighted by atomic mass is 10.0. The smallest absolute Gasteiger partial charge is 0.161 e. The Balaban J connectivity index is 2.37. The lowest BCUT2D eigenvalue weighted by Crippen LogP contribution is -2.02. The highest BCUT2D eigenvalue weighted by Gasteiger charge is 2.16. The molecule has 1 N–H and O–H groups in total. The van der Waals surface area contributed by atoms with Crippen molar-refractivity contribution in [1.82, 2.24) is 0 Å². The maximum Gasteiger partial charge on any atom is 0.161 e. The van der Waals surface area contributed by atoms with Crippen LogP contribution in [-0.4, -0.2) is 26.4 Å². The summed E-state index contributed by atoms with van der Waals surface area (Å²) in [7, 11) is 4.68. The van der Waals surface area contributed by atoms with Crippen molar-refractivity contribution in [1.29, 1.82) is 0 Å². The van der Waals surface area contributed by atoms with E-state index in [0.717, 1.165) is 0 Å². The molecule has 0 saturated carbocycles. The van der Waals surface area contributed by atoms with E-state index < -0.39 is 6.10 Å². The molecule has 0 spiro atoms. The second kappa shape index (κ2) is 6.70. The van der Waals surface area contributed by atoms with Gasteiger partial charge in [0.05, 0.1) is 26.4 Å². The van der Waals surface area contributed by atoms with E-state index in [0.29, 0.717) is 33.4 Å². The predicted molar refractivity (Wildman–Crippen MR) is 81.6 cm³/mol. The number of benzene rings is 2. The molecule has 0 bridgehead atoms. The first-order chi connectivity index (χ1) is 10.1. The lowest BCUT2D eigenvalue weighted by Gasteiger charge is -2.16. The summed E-state index contributed by atoms with van der Waals surface area (Å²) in [6.07, 6.45) is -0.858. The van der Waals surface area contributed by atoms with Crippen molar-refractivity contribution in [3.8, 4) is 17.2 Å². The quantitative estimate of drug-likeness (QED) is 0.919. The summed E-state index contributed by atoms with van der Waals surface area (Å²) in [6, 6.07) is 10.4. The van der Waals surface area contributed by atoms with Gasteiger partial charge in [0.25, 0.3) is 0 Å². The average Bonchev–Trinajstić information content (AvgIpc) is 2.53. The summed E-state index contributed by atoms with van der Waals surface area (Å²) >= 11 is 6.19. The van der Waals surface area contributed by atoms with Gasteiger partial charge in [-0.1, -0.05) is 23.7 Å². The van der Waals surface area contributed by atoms with Gasteiger partial charge in [-0.15, -0.1) is 0 Å². The highest BCUT2D eigenvalue weighted by Crippen LogP contribution is 2.35. The Bertz CT molecular complexity index is 628. The number of halogens is 1. The molecule has 21 heavy (non-hydrogen) atoms. The van der Waals surface area contributed by atoms with Gasteiger partial charge in [0.1, 0.15) is 11.9 Å². The first-order valence-electron chi connectivity index (χ1n) is 6.34. The zero-order valence-electron chi connectivity index (χ0n) is 12.1. The van der Waals surface area contributed by atoms with Crippen molar-refractivity contribution in [3.63, 3.8) is 0 Å². The zero-order chi connectivity index (χ0) is 15.4. The first kappa shape index (κ1) is 15.5. The number of aliphatic hydroxyl groups is 1. The number of ether oxygens (including phenoxy) is 3. The molecule has 112 valence electrons. The summed E-state index contributed by atoms with van der Waals surface area (Å²) in [4.78, 5) is 0. The molecule has 0 radical (unpaired) electrons. The second-order valence-corrected chi connectivity index (χ2v) is 4.81. The minimum atomic E-state index is -0.858. The third kappa shape index (κ3) is 3.23. The zero-order valence-corrected chi connectivity index (χ0v) is 12.8. The largest absolute Gasteiger partial charge is 0.497 e. The number of rotatable bonds is 5. The molecule has 0 aliphatic heterocycles. The highest BCUT2D eigenvalue weighted by atomic mass is 35.5. The van der Waals surface area contributed by atoms with Gasteiger partial charge in [-0.05, 0) is 29.8 Å². The van der Waals surface area contributed by atoms with Crippen LogP contribution in [0.4, 0.5) is 0 Å².